The van der Waals surface area contributed by atoms with E-state index in [0.29, 0.717) is 12.2 Å². The van der Waals surface area contributed by atoms with E-state index in [1.807, 2.05) is 36.5 Å². The van der Waals surface area contributed by atoms with E-state index in [-0.39, 0.29) is 5.69 Å². The van der Waals surface area contributed by atoms with Gasteiger partial charge >= 0.3 is 0 Å². The highest BCUT2D eigenvalue weighted by molar-refractivity contribution is 5.63. The Kier molecular flexibility index (Phi) is 4.24. The van der Waals surface area contributed by atoms with E-state index in [9.17, 15) is 14.5 Å². The van der Waals surface area contributed by atoms with Gasteiger partial charge in [-0.3, -0.25) is 10.1 Å². The number of hydrogen-bond acceptors (Lipinski definition) is 4. The van der Waals surface area contributed by atoms with Gasteiger partial charge in [-0.1, -0.05) is 18.2 Å². The minimum Gasteiger partial charge on any atom is -0.365 e. The third-order valence-corrected chi connectivity index (χ3v) is 3.62. The first-order chi connectivity index (χ1) is 11.5. The summed E-state index contributed by atoms with van der Waals surface area (Å²) in [5.74, 6) is -0.629. The smallest absolute Gasteiger partial charge is 0.295 e. The first-order valence-electron chi connectivity index (χ1n) is 7.28. The zero-order valence-electron chi connectivity index (χ0n) is 13.0. The molecule has 3 rings (SSSR count). The normalized spacial score (nSPS) is 10.6. The lowest BCUT2D eigenvalue weighted by atomic mass is 10.2. The van der Waals surface area contributed by atoms with Crippen molar-refractivity contribution in [3.63, 3.8) is 0 Å². The maximum absolute atomic E-state index is 13.3. The molecule has 3 aromatic rings. The van der Waals surface area contributed by atoms with Crippen LogP contribution in [0, 0.1) is 15.9 Å². The van der Waals surface area contributed by atoms with Crippen molar-refractivity contribution in [3.8, 4) is 5.69 Å². The van der Waals surface area contributed by atoms with Gasteiger partial charge in [-0.25, -0.2) is 9.07 Å². The zero-order chi connectivity index (χ0) is 17.1. The van der Waals surface area contributed by atoms with Crippen LogP contribution in [0.3, 0.4) is 0 Å². The Morgan fingerprint density at radius 1 is 1.25 bits per heavy atom. The maximum Gasteiger partial charge on any atom is 0.295 e. The van der Waals surface area contributed by atoms with Crippen molar-refractivity contribution in [3.05, 3.63) is 82.4 Å². The molecule has 0 fully saturated rings. The molecule has 0 unspecified atom stereocenters. The second-order valence-corrected chi connectivity index (χ2v) is 5.37. The molecule has 0 aliphatic rings. The number of nitro groups is 1. The van der Waals surface area contributed by atoms with E-state index in [4.69, 9.17) is 0 Å². The summed E-state index contributed by atoms with van der Waals surface area (Å²) >= 11 is 0. The molecule has 7 heteroatoms. The molecular weight excluding hydrogens is 311 g/mol. The number of aromatic nitrogens is 2. The second-order valence-electron chi connectivity index (χ2n) is 5.37. The summed E-state index contributed by atoms with van der Waals surface area (Å²) in [6.07, 6.45) is 3.57. The number of anilines is 1. The number of benzene rings is 2. The molecule has 2 aromatic carbocycles. The number of hydrogen-bond donors (Lipinski definition) is 0. The van der Waals surface area contributed by atoms with Crippen molar-refractivity contribution >= 4 is 11.4 Å². The summed E-state index contributed by atoms with van der Waals surface area (Å²) in [7, 11) is 1.72. The molecule has 0 aliphatic carbocycles. The molecule has 6 nitrogen and oxygen atoms in total. The first-order valence-corrected chi connectivity index (χ1v) is 7.28. The maximum atomic E-state index is 13.3. The quantitative estimate of drug-likeness (QED) is 0.531. The third kappa shape index (κ3) is 3.24. The molecule has 1 aromatic heterocycles. The summed E-state index contributed by atoms with van der Waals surface area (Å²) < 4.78 is 15.0. The fourth-order valence-electron chi connectivity index (χ4n) is 2.49. The van der Waals surface area contributed by atoms with E-state index in [2.05, 4.69) is 5.10 Å². The Labute approximate surface area is 137 Å². The van der Waals surface area contributed by atoms with Crippen molar-refractivity contribution in [2.24, 2.45) is 0 Å². The molecule has 1 heterocycles. The van der Waals surface area contributed by atoms with Gasteiger partial charge in [0.05, 0.1) is 22.9 Å². The summed E-state index contributed by atoms with van der Waals surface area (Å²) in [5, 5.41) is 15.4. The van der Waals surface area contributed by atoms with Crippen LogP contribution in [-0.2, 0) is 6.54 Å². The third-order valence-electron chi connectivity index (χ3n) is 3.62. The van der Waals surface area contributed by atoms with Gasteiger partial charge in [-0.2, -0.15) is 5.10 Å². The fourth-order valence-corrected chi connectivity index (χ4v) is 2.49. The van der Waals surface area contributed by atoms with Gasteiger partial charge in [0, 0.05) is 25.4 Å². The minimum atomic E-state index is -0.629. The number of para-hydroxylation sites is 1. The van der Waals surface area contributed by atoms with Crippen LogP contribution in [0.2, 0.25) is 0 Å². The molecule has 0 radical (unpaired) electrons. The van der Waals surface area contributed by atoms with Crippen LogP contribution in [0.15, 0.2) is 60.9 Å². The largest absolute Gasteiger partial charge is 0.365 e. The standard InChI is InChI=1S/C17H15FN4O2/c1-20(16-8-7-14(18)9-17(16)22(23)24)11-13-10-19-21(12-13)15-5-3-2-4-6-15/h2-10,12H,11H2,1H3. The van der Waals surface area contributed by atoms with Crippen LogP contribution in [0.4, 0.5) is 15.8 Å². The molecule has 0 spiro atoms. The Hall–Kier alpha value is -3.22. The van der Waals surface area contributed by atoms with Gasteiger partial charge in [0.25, 0.3) is 5.69 Å². The summed E-state index contributed by atoms with van der Waals surface area (Å²) in [6.45, 7) is 0.416. The Morgan fingerprint density at radius 2 is 2.00 bits per heavy atom. The molecule has 0 saturated heterocycles. The molecular formula is C17H15FN4O2. The predicted octanol–water partition coefficient (Wildman–Crippen LogP) is 3.56. The van der Waals surface area contributed by atoms with E-state index >= 15 is 0 Å². The van der Waals surface area contributed by atoms with Gasteiger partial charge in [0.2, 0.25) is 0 Å². The lowest BCUT2D eigenvalue weighted by molar-refractivity contribution is -0.384. The molecule has 0 N–H and O–H groups in total. The van der Waals surface area contributed by atoms with Crippen LogP contribution < -0.4 is 4.90 Å². The van der Waals surface area contributed by atoms with E-state index in [1.54, 1.807) is 22.8 Å². The monoisotopic (exact) mass is 326 g/mol. The van der Waals surface area contributed by atoms with Gasteiger partial charge in [-0.15, -0.1) is 0 Å². The van der Waals surface area contributed by atoms with E-state index in [0.717, 1.165) is 17.3 Å². The molecule has 122 valence electrons. The van der Waals surface area contributed by atoms with Crippen LogP contribution in [0.1, 0.15) is 5.56 Å². The van der Waals surface area contributed by atoms with Crippen molar-refractivity contribution in [1.29, 1.82) is 0 Å². The Balaban J connectivity index is 1.82. The van der Waals surface area contributed by atoms with Gasteiger partial charge in [0.1, 0.15) is 11.5 Å². The SMILES string of the molecule is CN(Cc1cnn(-c2ccccc2)c1)c1ccc(F)cc1[N+](=O)[O-]. The number of halogens is 1. The van der Waals surface area contributed by atoms with Crippen molar-refractivity contribution < 1.29 is 9.31 Å². The van der Waals surface area contributed by atoms with Gasteiger partial charge < -0.3 is 4.90 Å². The summed E-state index contributed by atoms with van der Waals surface area (Å²) in [5.41, 5.74) is 1.92. The van der Waals surface area contributed by atoms with Crippen molar-refractivity contribution in [2.75, 3.05) is 11.9 Å². The average Bonchev–Trinajstić information content (AvgIpc) is 3.04. The lowest BCUT2D eigenvalue weighted by Gasteiger charge is -2.18. The van der Waals surface area contributed by atoms with Crippen LogP contribution in [0.5, 0.6) is 0 Å². The Bertz CT molecular complexity index is 864. The lowest BCUT2D eigenvalue weighted by Crippen LogP contribution is -2.17. The van der Waals surface area contributed by atoms with Gasteiger partial charge in [-0.05, 0) is 24.3 Å². The zero-order valence-corrected chi connectivity index (χ0v) is 13.0. The number of rotatable bonds is 5. The molecule has 0 aliphatic heterocycles. The van der Waals surface area contributed by atoms with Gasteiger partial charge in [0.15, 0.2) is 0 Å². The number of nitro benzene ring substituents is 1. The molecule has 0 atom stereocenters. The Morgan fingerprint density at radius 3 is 2.71 bits per heavy atom. The highest BCUT2D eigenvalue weighted by Crippen LogP contribution is 2.29. The van der Waals surface area contributed by atoms with Crippen molar-refractivity contribution in [1.82, 2.24) is 9.78 Å². The second kappa shape index (κ2) is 6.49. The molecule has 0 amide bonds. The van der Waals surface area contributed by atoms with Crippen LogP contribution in [-0.4, -0.2) is 21.8 Å². The van der Waals surface area contributed by atoms with Crippen molar-refractivity contribution in [2.45, 2.75) is 6.54 Å². The highest BCUT2D eigenvalue weighted by Gasteiger charge is 2.18. The average molecular weight is 326 g/mol. The summed E-state index contributed by atoms with van der Waals surface area (Å²) in [6, 6.07) is 13.2. The summed E-state index contributed by atoms with van der Waals surface area (Å²) in [4.78, 5) is 12.2. The topological polar surface area (TPSA) is 64.2 Å². The highest BCUT2D eigenvalue weighted by atomic mass is 19.1. The molecule has 0 saturated carbocycles. The number of nitrogens with zero attached hydrogens (tertiary/aromatic N) is 4. The fraction of sp³-hybridized carbons (Fsp3) is 0.118. The minimum absolute atomic E-state index is 0.257. The van der Waals surface area contributed by atoms with E-state index < -0.39 is 10.7 Å². The van der Waals surface area contributed by atoms with Crippen LogP contribution in [0.25, 0.3) is 5.69 Å². The molecule has 24 heavy (non-hydrogen) atoms. The predicted molar refractivity (Wildman–Crippen MR) is 88.7 cm³/mol. The molecule has 0 bridgehead atoms. The van der Waals surface area contributed by atoms with Crippen LogP contribution >= 0.6 is 0 Å². The van der Waals surface area contributed by atoms with E-state index in [1.165, 1.54) is 12.1 Å². The first kappa shape index (κ1) is 15.7.